The molecule has 0 spiro atoms. The average Bonchev–Trinajstić information content (AvgIpc) is 3.73. The number of para-hydroxylation sites is 4. The number of hydrogen-bond donors (Lipinski definition) is 0. The van der Waals surface area contributed by atoms with Crippen molar-refractivity contribution in [1.29, 1.82) is 0 Å². The third-order valence-electron chi connectivity index (χ3n) is 9.26. The fourth-order valence-corrected chi connectivity index (χ4v) is 7.38. The molecule has 10 aromatic rings. The van der Waals surface area contributed by atoms with Crippen molar-refractivity contribution >= 4 is 65.5 Å². The summed E-state index contributed by atoms with van der Waals surface area (Å²) in [6.45, 7) is 0. The van der Waals surface area contributed by atoms with Crippen LogP contribution in [-0.4, -0.2) is 18.7 Å². The molecular weight excluding hydrogens is 548 g/mol. The van der Waals surface area contributed by atoms with Crippen LogP contribution in [0.4, 0.5) is 0 Å². The fraction of sp³-hybridized carbons (Fsp3) is 0. The highest BCUT2D eigenvalue weighted by molar-refractivity contribution is 6.19. The minimum Gasteiger partial charge on any atom is -0.309 e. The van der Waals surface area contributed by atoms with Crippen LogP contribution >= 0.6 is 0 Å². The molecule has 4 aromatic heterocycles. The molecule has 0 aliphatic carbocycles. The van der Waals surface area contributed by atoms with Crippen LogP contribution in [0.3, 0.4) is 0 Å². The lowest BCUT2D eigenvalue weighted by molar-refractivity contribution is 1.13. The van der Waals surface area contributed by atoms with Gasteiger partial charge in [0.25, 0.3) is 0 Å². The SMILES string of the molecule is c1ccc(-n2c3ccccc3c3cc4c5ccccc5n(-c5ccc6c(c5)c5cccnc5n6-c5ccccc5)c4cc32)cc1. The number of benzene rings is 6. The molecule has 0 N–H and O–H groups in total. The van der Waals surface area contributed by atoms with Crippen LogP contribution in [-0.2, 0) is 0 Å². The quantitative estimate of drug-likeness (QED) is 0.206. The largest absolute Gasteiger partial charge is 0.309 e. The number of rotatable bonds is 3. The lowest BCUT2D eigenvalue weighted by atomic mass is 10.1. The topological polar surface area (TPSA) is 27.7 Å². The Hall–Kier alpha value is -6.13. The maximum absolute atomic E-state index is 4.83. The Balaban J connectivity index is 1.32. The summed E-state index contributed by atoms with van der Waals surface area (Å²) in [5, 5.41) is 7.35. The molecular formula is C41H26N4. The predicted octanol–water partition coefficient (Wildman–Crippen LogP) is 10.4. The first-order chi connectivity index (χ1) is 22.3. The molecule has 0 fully saturated rings. The average molecular weight is 575 g/mol. The van der Waals surface area contributed by atoms with E-state index in [1.165, 1.54) is 49.0 Å². The first-order valence-corrected chi connectivity index (χ1v) is 15.3. The zero-order valence-electron chi connectivity index (χ0n) is 24.3. The van der Waals surface area contributed by atoms with Crippen LogP contribution in [0.5, 0.6) is 0 Å². The van der Waals surface area contributed by atoms with Gasteiger partial charge in [0.1, 0.15) is 5.65 Å². The van der Waals surface area contributed by atoms with Gasteiger partial charge in [-0.05, 0) is 78.9 Å². The first kappa shape index (κ1) is 24.3. The van der Waals surface area contributed by atoms with Gasteiger partial charge >= 0.3 is 0 Å². The number of nitrogens with zero attached hydrogens (tertiary/aromatic N) is 4. The van der Waals surface area contributed by atoms with Crippen molar-refractivity contribution in [2.24, 2.45) is 0 Å². The van der Waals surface area contributed by atoms with Crippen molar-refractivity contribution in [3.8, 4) is 17.1 Å². The van der Waals surface area contributed by atoms with Crippen LogP contribution in [0.2, 0.25) is 0 Å². The molecule has 10 rings (SSSR count). The Morgan fingerprint density at radius 2 is 0.822 bits per heavy atom. The van der Waals surface area contributed by atoms with E-state index in [0.29, 0.717) is 0 Å². The third-order valence-corrected chi connectivity index (χ3v) is 9.26. The minimum atomic E-state index is 0.965. The third kappa shape index (κ3) is 3.39. The standard InChI is InChI=1S/C41H26N4/c1-3-12-27(13-4-1)43-36-19-9-7-16-30(36)34-25-35-31-17-8-10-20-37(31)44(40(35)26-39(34)43)29-21-22-38-33(24-29)32-18-11-23-42-41(32)45(38)28-14-5-2-6-15-28/h1-26H. The summed E-state index contributed by atoms with van der Waals surface area (Å²) in [5.41, 5.74) is 10.3. The molecule has 0 aliphatic rings. The summed E-state index contributed by atoms with van der Waals surface area (Å²) in [6.07, 6.45) is 1.88. The molecule has 4 heterocycles. The van der Waals surface area contributed by atoms with E-state index in [1.807, 2.05) is 12.3 Å². The van der Waals surface area contributed by atoms with Gasteiger partial charge in [0, 0.05) is 55.6 Å². The molecule has 210 valence electrons. The second-order valence-electron chi connectivity index (χ2n) is 11.7. The van der Waals surface area contributed by atoms with Gasteiger partial charge in [-0.3, -0.25) is 4.57 Å². The fourth-order valence-electron chi connectivity index (χ4n) is 7.38. The summed E-state index contributed by atoms with van der Waals surface area (Å²) in [6, 6.07) is 54.5. The van der Waals surface area contributed by atoms with Crippen LogP contribution < -0.4 is 0 Å². The van der Waals surface area contributed by atoms with E-state index in [2.05, 4.69) is 159 Å². The predicted molar refractivity (Wildman–Crippen MR) is 187 cm³/mol. The molecule has 4 nitrogen and oxygen atoms in total. The van der Waals surface area contributed by atoms with Crippen LogP contribution in [0.1, 0.15) is 0 Å². The van der Waals surface area contributed by atoms with E-state index in [0.717, 1.165) is 33.6 Å². The van der Waals surface area contributed by atoms with Gasteiger partial charge in [-0.15, -0.1) is 0 Å². The molecule has 0 atom stereocenters. The number of aromatic nitrogens is 4. The van der Waals surface area contributed by atoms with Gasteiger partial charge in [0.15, 0.2) is 0 Å². The smallest absolute Gasteiger partial charge is 0.145 e. The zero-order chi connectivity index (χ0) is 29.5. The van der Waals surface area contributed by atoms with E-state index in [9.17, 15) is 0 Å². The second kappa shape index (κ2) is 9.18. The Morgan fingerprint density at radius 3 is 1.49 bits per heavy atom. The van der Waals surface area contributed by atoms with Gasteiger partial charge in [-0.25, -0.2) is 4.98 Å². The molecule has 0 unspecified atom stereocenters. The van der Waals surface area contributed by atoms with E-state index in [1.54, 1.807) is 0 Å². The number of fused-ring (bicyclic) bond motifs is 9. The van der Waals surface area contributed by atoms with Gasteiger partial charge in [-0.1, -0.05) is 72.8 Å². The Labute approximate surface area is 258 Å². The minimum absolute atomic E-state index is 0.965. The molecule has 0 saturated carbocycles. The van der Waals surface area contributed by atoms with Crippen LogP contribution in [0.25, 0.3) is 82.6 Å². The van der Waals surface area contributed by atoms with E-state index >= 15 is 0 Å². The van der Waals surface area contributed by atoms with Gasteiger partial charge in [-0.2, -0.15) is 0 Å². The highest BCUT2D eigenvalue weighted by Gasteiger charge is 2.20. The highest BCUT2D eigenvalue weighted by Crippen LogP contribution is 2.40. The maximum Gasteiger partial charge on any atom is 0.145 e. The van der Waals surface area contributed by atoms with Gasteiger partial charge < -0.3 is 9.13 Å². The maximum atomic E-state index is 4.83. The normalized spacial score (nSPS) is 12.0. The summed E-state index contributed by atoms with van der Waals surface area (Å²) in [4.78, 5) is 4.83. The monoisotopic (exact) mass is 574 g/mol. The molecule has 0 radical (unpaired) electrons. The summed E-state index contributed by atoms with van der Waals surface area (Å²) < 4.78 is 7.09. The lowest BCUT2D eigenvalue weighted by Gasteiger charge is -2.11. The molecule has 0 aliphatic heterocycles. The Bertz CT molecular complexity index is 2750. The Kier molecular flexibility index (Phi) is 4.96. The van der Waals surface area contributed by atoms with Gasteiger partial charge in [0.05, 0.1) is 27.6 Å². The Morgan fingerprint density at radius 1 is 0.311 bits per heavy atom. The van der Waals surface area contributed by atoms with E-state index < -0.39 is 0 Å². The number of pyridine rings is 1. The lowest BCUT2D eigenvalue weighted by Crippen LogP contribution is -1.97. The van der Waals surface area contributed by atoms with E-state index in [4.69, 9.17) is 4.98 Å². The van der Waals surface area contributed by atoms with Crippen molar-refractivity contribution in [2.75, 3.05) is 0 Å². The summed E-state index contributed by atoms with van der Waals surface area (Å²) >= 11 is 0. The van der Waals surface area contributed by atoms with Crippen LogP contribution in [0.15, 0.2) is 158 Å². The summed E-state index contributed by atoms with van der Waals surface area (Å²) in [7, 11) is 0. The van der Waals surface area contributed by atoms with E-state index in [-0.39, 0.29) is 0 Å². The first-order valence-electron chi connectivity index (χ1n) is 15.3. The van der Waals surface area contributed by atoms with Crippen molar-refractivity contribution in [3.63, 3.8) is 0 Å². The number of hydrogen-bond acceptors (Lipinski definition) is 1. The van der Waals surface area contributed by atoms with Crippen molar-refractivity contribution in [2.45, 2.75) is 0 Å². The molecule has 6 aromatic carbocycles. The van der Waals surface area contributed by atoms with Gasteiger partial charge in [0.2, 0.25) is 0 Å². The van der Waals surface area contributed by atoms with Crippen molar-refractivity contribution in [3.05, 3.63) is 158 Å². The molecule has 0 saturated heterocycles. The molecule has 0 bridgehead atoms. The molecule has 0 amide bonds. The molecule has 45 heavy (non-hydrogen) atoms. The van der Waals surface area contributed by atoms with Crippen molar-refractivity contribution < 1.29 is 0 Å². The second-order valence-corrected chi connectivity index (χ2v) is 11.7. The van der Waals surface area contributed by atoms with Crippen LogP contribution in [0, 0.1) is 0 Å². The molecule has 4 heteroatoms. The zero-order valence-corrected chi connectivity index (χ0v) is 24.3. The summed E-state index contributed by atoms with van der Waals surface area (Å²) in [5.74, 6) is 0. The highest BCUT2D eigenvalue weighted by atomic mass is 15.1. The van der Waals surface area contributed by atoms with Crippen molar-refractivity contribution in [1.82, 2.24) is 18.7 Å².